The van der Waals surface area contributed by atoms with Crippen molar-refractivity contribution in [2.75, 3.05) is 13.6 Å². The van der Waals surface area contributed by atoms with Crippen molar-refractivity contribution in [3.63, 3.8) is 0 Å². The molecule has 5 heteroatoms. The third-order valence-electron chi connectivity index (χ3n) is 5.02. The Morgan fingerprint density at radius 1 is 1.12 bits per heavy atom. The second-order valence-electron chi connectivity index (χ2n) is 6.84. The molecule has 1 unspecified atom stereocenters. The Kier molecular flexibility index (Phi) is 3.53. The van der Waals surface area contributed by atoms with Crippen LogP contribution >= 0.6 is 0 Å². The summed E-state index contributed by atoms with van der Waals surface area (Å²) in [6.45, 7) is 1.85. The lowest BCUT2D eigenvalue weighted by molar-refractivity contribution is 0.282. The van der Waals surface area contributed by atoms with Crippen molar-refractivity contribution in [3.05, 3.63) is 77.9 Å². The molecule has 0 spiro atoms. The van der Waals surface area contributed by atoms with E-state index in [1.54, 1.807) is 6.20 Å². The van der Waals surface area contributed by atoms with Gasteiger partial charge in [0.2, 0.25) is 0 Å². The van der Waals surface area contributed by atoms with E-state index in [0.717, 1.165) is 41.1 Å². The second-order valence-corrected chi connectivity index (χ2v) is 6.84. The van der Waals surface area contributed by atoms with Crippen LogP contribution in [0.15, 0.2) is 65.5 Å². The minimum absolute atomic E-state index is 0.227. The Morgan fingerprint density at radius 2 is 2.04 bits per heavy atom. The fourth-order valence-electron chi connectivity index (χ4n) is 3.80. The summed E-state index contributed by atoms with van der Waals surface area (Å²) in [5, 5.41) is 9.22. The van der Waals surface area contributed by atoms with Crippen molar-refractivity contribution in [2.45, 2.75) is 12.5 Å². The first kappa shape index (κ1) is 15.2. The van der Waals surface area contributed by atoms with Crippen LogP contribution in [0.2, 0.25) is 0 Å². The maximum atomic E-state index is 6.17. The molecule has 26 heavy (non-hydrogen) atoms. The lowest BCUT2D eigenvalue weighted by Crippen LogP contribution is -2.30. The smallest absolute Gasteiger partial charge is 0.138 e. The topological polar surface area (TPSA) is 55.1 Å². The average Bonchev–Trinajstić information content (AvgIpc) is 3.11. The van der Waals surface area contributed by atoms with Gasteiger partial charge in [-0.05, 0) is 36.4 Å². The molecule has 0 saturated heterocycles. The van der Waals surface area contributed by atoms with Crippen LogP contribution in [0.1, 0.15) is 22.8 Å². The van der Waals surface area contributed by atoms with E-state index in [-0.39, 0.29) is 5.92 Å². The van der Waals surface area contributed by atoms with Crippen molar-refractivity contribution in [2.24, 2.45) is 0 Å². The third-order valence-corrected chi connectivity index (χ3v) is 5.02. The highest BCUT2D eigenvalue weighted by atomic mass is 16.3. The fraction of sp³-hybridized carbons (Fsp3) is 0.190. The predicted molar refractivity (Wildman–Crippen MR) is 99.7 cm³/mol. The third kappa shape index (κ3) is 2.57. The van der Waals surface area contributed by atoms with Crippen LogP contribution in [0.4, 0.5) is 0 Å². The number of benzene rings is 2. The molecule has 1 aliphatic rings. The van der Waals surface area contributed by atoms with Crippen LogP contribution in [-0.2, 0) is 6.54 Å². The van der Waals surface area contributed by atoms with Crippen molar-refractivity contribution in [3.8, 4) is 11.3 Å². The van der Waals surface area contributed by atoms with Crippen LogP contribution < -0.4 is 0 Å². The number of rotatable bonds is 2. The summed E-state index contributed by atoms with van der Waals surface area (Å²) in [6.07, 6.45) is 3.20. The van der Waals surface area contributed by atoms with Gasteiger partial charge in [-0.3, -0.25) is 0 Å². The average molecular weight is 342 g/mol. The van der Waals surface area contributed by atoms with E-state index in [4.69, 9.17) is 4.42 Å². The molecule has 3 heterocycles. The highest BCUT2D eigenvalue weighted by molar-refractivity contribution is 5.78. The summed E-state index contributed by atoms with van der Waals surface area (Å²) in [4.78, 5) is 6.41. The van der Waals surface area contributed by atoms with Crippen LogP contribution in [0.25, 0.3) is 22.2 Å². The van der Waals surface area contributed by atoms with E-state index >= 15 is 0 Å². The number of nitrogens with zero attached hydrogens (tertiary/aromatic N) is 4. The first-order valence-corrected chi connectivity index (χ1v) is 8.71. The van der Waals surface area contributed by atoms with E-state index in [9.17, 15) is 0 Å². The van der Waals surface area contributed by atoms with Crippen LogP contribution in [0.5, 0.6) is 0 Å². The van der Waals surface area contributed by atoms with Gasteiger partial charge in [-0.15, -0.1) is 10.2 Å². The van der Waals surface area contributed by atoms with Crippen molar-refractivity contribution < 1.29 is 4.42 Å². The molecule has 5 rings (SSSR count). The molecule has 0 fully saturated rings. The molecule has 4 aromatic rings. The van der Waals surface area contributed by atoms with Gasteiger partial charge in [-0.25, -0.2) is 4.98 Å². The minimum Gasteiger partial charge on any atom is -0.460 e. The van der Waals surface area contributed by atoms with Gasteiger partial charge < -0.3 is 9.32 Å². The Hall–Kier alpha value is -3.05. The van der Waals surface area contributed by atoms with E-state index in [0.29, 0.717) is 0 Å². The molecular formula is C21H18N4O. The van der Waals surface area contributed by atoms with E-state index in [2.05, 4.69) is 57.5 Å². The zero-order chi connectivity index (χ0) is 17.5. The summed E-state index contributed by atoms with van der Waals surface area (Å²) in [6, 6.07) is 16.9. The first-order valence-electron chi connectivity index (χ1n) is 8.71. The molecule has 128 valence electrons. The number of likely N-dealkylation sites (N-methyl/N-ethyl adjacent to an activating group) is 1. The number of para-hydroxylation sites is 1. The van der Waals surface area contributed by atoms with Crippen molar-refractivity contribution in [1.29, 1.82) is 0 Å². The minimum atomic E-state index is 0.227. The Morgan fingerprint density at radius 3 is 2.88 bits per heavy atom. The molecule has 1 atom stereocenters. The molecule has 5 nitrogen and oxygen atoms in total. The van der Waals surface area contributed by atoms with Gasteiger partial charge in [0.1, 0.15) is 23.4 Å². The van der Waals surface area contributed by atoms with Gasteiger partial charge in [-0.1, -0.05) is 30.3 Å². The summed E-state index contributed by atoms with van der Waals surface area (Å²) in [5.41, 5.74) is 5.40. The molecule has 2 aromatic carbocycles. The SMILES string of the molecule is CN1Cc2cc(-c3cncnn3)ccc2C(c2cc3ccccc3o2)C1. The molecule has 0 N–H and O–H groups in total. The van der Waals surface area contributed by atoms with Gasteiger partial charge in [0.25, 0.3) is 0 Å². The van der Waals surface area contributed by atoms with Gasteiger partial charge >= 0.3 is 0 Å². The fourth-order valence-corrected chi connectivity index (χ4v) is 3.80. The number of hydrogen-bond donors (Lipinski definition) is 0. The van der Waals surface area contributed by atoms with Crippen LogP contribution in [0.3, 0.4) is 0 Å². The number of furan rings is 1. The number of hydrogen-bond acceptors (Lipinski definition) is 5. The van der Waals surface area contributed by atoms with Crippen molar-refractivity contribution >= 4 is 11.0 Å². The van der Waals surface area contributed by atoms with Crippen LogP contribution in [-0.4, -0.2) is 33.7 Å². The summed E-state index contributed by atoms with van der Waals surface area (Å²) in [7, 11) is 2.15. The highest BCUT2D eigenvalue weighted by Crippen LogP contribution is 2.37. The molecular weight excluding hydrogens is 324 g/mol. The first-order chi connectivity index (χ1) is 12.8. The van der Waals surface area contributed by atoms with Gasteiger partial charge in [0.15, 0.2) is 0 Å². The quantitative estimate of drug-likeness (QED) is 0.554. The number of fused-ring (bicyclic) bond motifs is 2. The van der Waals surface area contributed by atoms with Gasteiger partial charge in [0.05, 0.1) is 12.1 Å². The zero-order valence-electron chi connectivity index (χ0n) is 14.5. The van der Waals surface area contributed by atoms with E-state index < -0.39 is 0 Å². The molecule has 0 amide bonds. The molecule has 1 aliphatic heterocycles. The lowest BCUT2D eigenvalue weighted by Gasteiger charge is -2.31. The largest absolute Gasteiger partial charge is 0.460 e. The Bertz CT molecular complexity index is 1040. The maximum absolute atomic E-state index is 6.17. The molecule has 2 aromatic heterocycles. The molecule has 0 bridgehead atoms. The predicted octanol–water partition coefficient (Wildman–Crippen LogP) is 3.86. The zero-order valence-corrected chi connectivity index (χ0v) is 14.5. The van der Waals surface area contributed by atoms with E-state index in [1.807, 2.05) is 18.2 Å². The molecule has 0 aliphatic carbocycles. The van der Waals surface area contributed by atoms with Gasteiger partial charge in [-0.2, -0.15) is 0 Å². The monoisotopic (exact) mass is 342 g/mol. The van der Waals surface area contributed by atoms with E-state index in [1.165, 1.54) is 17.5 Å². The number of aromatic nitrogens is 3. The Balaban J connectivity index is 1.59. The highest BCUT2D eigenvalue weighted by Gasteiger charge is 2.27. The normalized spacial score (nSPS) is 17.3. The molecule has 0 saturated carbocycles. The van der Waals surface area contributed by atoms with Crippen molar-refractivity contribution in [1.82, 2.24) is 20.1 Å². The standard InChI is InChI=1S/C21H18N4O/c1-25-11-16-8-14(19-10-22-13-23-24-19)6-7-17(16)18(12-25)21-9-15-4-2-3-5-20(15)26-21/h2-10,13,18H,11-12H2,1H3. The summed E-state index contributed by atoms with van der Waals surface area (Å²) < 4.78 is 6.17. The summed E-state index contributed by atoms with van der Waals surface area (Å²) in [5.74, 6) is 1.25. The maximum Gasteiger partial charge on any atom is 0.138 e. The lowest BCUT2D eigenvalue weighted by atomic mass is 9.87. The molecule has 0 radical (unpaired) electrons. The van der Waals surface area contributed by atoms with Crippen LogP contribution in [0, 0.1) is 0 Å². The second kappa shape index (κ2) is 6.04. The Labute approximate surface area is 151 Å². The summed E-state index contributed by atoms with van der Waals surface area (Å²) >= 11 is 0. The van der Waals surface area contributed by atoms with Gasteiger partial charge in [0, 0.05) is 24.0 Å².